The Bertz CT molecular complexity index is 342. The minimum atomic E-state index is -0.387. The van der Waals surface area contributed by atoms with E-state index in [4.69, 9.17) is 0 Å². The van der Waals surface area contributed by atoms with E-state index >= 15 is 0 Å². The van der Waals surface area contributed by atoms with E-state index in [9.17, 15) is 8.78 Å². The maximum Gasteiger partial charge on any atom is 0.146 e. The van der Waals surface area contributed by atoms with Crippen LogP contribution in [0.4, 0.5) is 14.5 Å². The lowest BCUT2D eigenvalue weighted by atomic mass is 10.2. The van der Waals surface area contributed by atoms with Gasteiger partial charge in [0, 0.05) is 12.6 Å². The Labute approximate surface area is 99.6 Å². The number of halogens is 2. The molecule has 1 N–H and O–H groups in total. The van der Waals surface area contributed by atoms with Crippen LogP contribution >= 0.6 is 11.8 Å². The number of aryl methyl sites for hydroxylation is 1. The van der Waals surface area contributed by atoms with Gasteiger partial charge >= 0.3 is 0 Å². The monoisotopic (exact) mass is 245 g/mol. The van der Waals surface area contributed by atoms with Crippen LogP contribution in [-0.2, 0) is 0 Å². The lowest BCUT2D eigenvalue weighted by molar-refractivity contribution is 0.594. The van der Waals surface area contributed by atoms with Gasteiger partial charge in [0.1, 0.15) is 11.6 Å². The van der Waals surface area contributed by atoms with E-state index < -0.39 is 0 Å². The molecule has 0 aromatic heterocycles. The molecule has 0 aliphatic rings. The van der Waals surface area contributed by atoms with E-state index in [-0.39, 0.29) is 17.3 Å². The Morgan fingerprint density at radius 2 is 2.00 bits per heavy atom. The van der Waals surface area contributed by atoms with Crippen LogP contribution in [-0.4, -0.2) is 18.1 Å². The third-order valence-electron chi connectivity index (χ3n) is 2.23. The second kappa shape index (κ2) is 6.74. The number of hydrogen-bond acceptors (Lipinski definition) is 2. The zero-order valence-corrected chi connectivity index (χ0v) is 10.5. The fraction of sp³-hybridized carbons (Fsp3) is 0.500. The van der Waals surface area contributed by atoms with Crippen molar-refractivity contribution in [1.29, 1.82) is 0 Å². The SMILES string of the molecule is CCSCCCNc1cc(F)c(C)cc1F. The van der Waals surface area contributed by atoms with Crippen molar-refractivity contribution in [1.82, 2.24) is 0 Å². The van der Waals surface area contributed by atoms with Crippen molar-refractivity contribution in [3.05, 3.63) is 29.3 Å². The zero-order chi connectivity index (χ0) is 12.0. The Kier molecular flexibility index (Phi) is 5.60. The molecule has 0 bridgehead atoms. The molecule has 4 heteroatoms. The molecule has 0 saturated carbocycles. The van der Waals surface area contributed by atoms with Crippen molar-refractivity contribution in [2.75, 3.05) is 23.4 Å². The standard InChI is InChI=1S/C12H17F2NS/c1-3-16-6-4-5-15-12-8-10(13)9(2)7-11(12)14/h7-8,15H,3-6H2,1-2H3. The van der Waals surface area contributed by atoms with Gasteiger partial charge in [-0.15, -0.1) is 0 Å². The lowest BCUT2D eigenvalue weighted by Crippen LogP contribution is -2.05. The highest BCUT2D eigenvalue weighted by atomic mass is 32.2. The maximum absolute atomic E-state index is 13.4. The Morgan fingerprint density at radius 1 is 1.25 bits per heavy atom. The molecular formula is C12H17F2NS. The van der Waals surface area contributed by atoms with Crippen LogP contribution in [0.25, 0.3) is 0 Å². The summed E-state index contributed by atoms with van der Waals surface area (Å²) >= 11 is 1.85. The summed E-state index contributed by atoms with van der Waals surface area (Å²) in [5.41, 5.74) is 0.592. The molecule has 1 aromatic rings. The van der Waals surface area contributed by atoms with Crippen LogP contribution in [0, 0.1) is 18.6 Å². The molecule has 0 aliphatic carbocycles. The van der Waals surface area contributed by atoms with Crippen LogP contribution in [0.5, 0.6) is 0 Å². The second-order valence-corrected chi connectivity index (χ2v) is 4.95. The smallest absolute Gasteiger partial charge is 0.146 e. The normalized spacial score (nSPS) is 10.5. The molecule has 0 aliphatic heterocycles. The van der Waals surface area contributed by atoms with E-state index in [2.05, 4.69) is 12.2 Å². The predicted molar refractivity (Wildman–Crippen MR) is 67.2 cm³/mol. The average molecular weight is 245 g/mol. The average Bonchev–Trinajstić information content (AvgIpc) is 2.25. The van der Waals surface area contributed by atoms with Gasteiger partial charge in [0.25, 0.3) is 0 Å². The van der Waals surface area contributed by atoms with Gasteiger partial charge in [-0.2, -0.15) is 11.8 Å². The quantitative estimate of drug-likeness (QED) is 0.764. The fourth-order valence-electron chi connectivity index (χ4n) is 1.32. The van der Waals surface area contributed by atoms with Crippen LogP contribution in [0.15, 0.2) is 12.1 Å². The van der Waals surface area contributed by atoms with Crippen molar-refractivity contribution >= 4 is 17.4 Å². The fourth-order valence-corrected chi connectivity index (χ4v) is 1.96. The van der Waals surface area contributed by atoms with Crippen LogP contribution in [0.3, 0.4) is 0 Å². The van der Waals surface area contributed by atoms with Gasteiger partial charge in [0.05, 0.1) is 5.69 Å². The van der Waals surface area contributed by atoms with Gasteiger partial charge in [-0.05, 0) is 36.5 Å². The van der Waals surface area contributed by atoms with Crippen molar-refractivity contribution in [3.8, 4) is 0 Å². The number of thioether (sulfide) groups is 1. The summed E-state index contributed by atoms with van der Waals surface area (Å²) in [6.45, 7) is 4.33. The number of nitrogens with one attached hydrogen (secondary N) is 1. The molecule has 0 saturated heterocycles. The van der Waals surface area contributed by atoms with Crippen molar-refractivity contribution in [3.63, 3.8) is 0 Å². The second-order valence-electron chi connectivity index (χ2n) is 3.56. The van der Waals surface area contributed by atoms with E-state index in [1.807, 2.05) is 11.8 Å². The number of anilines is 1. The lowest BCUT2D eigenvalue weighted by Gasteiger charge is -2.08. The van der Waals surface area contributed by atoms with Crippen molar-refractivity contribution in [2.45, 2.75) is 20.3 Å². The number of benzene rings is 1. The van der Waals surface area contributed by atoms with Crippen LogP contribution < -0.4 is 5.32 Å². The maximum atomic E-state index is 13.4. The minimum absolute atomic E-state index is 0.254. The molecule has 0 radical (unpaired) electrons. The molecule has 16 heavy (non-hydrogen) atoms. The first-order chi connectivity index (χ1) is 7.65. The molecule has 90 valence electrons. The molecule has 0 atom stereocenters. The molecule has 0 unspecified atom stereocenters. The third-order valence-corrected chi connectivity index (χ3v) is 3.22. The van der Waals surface area contributed by atoms with Gasteiger partial charge in [-0.1, -0.05) is 6.92 Å². The van der Waals surface area contributed by atoms with Gasteiger partial charge in [-0.3, -0.25) is 0 Å². The van der Waals surface area contributed by atoms with Crippen LogP contribution in [0.1, 0.15) is 18.9 Å². The summed E-state index contributed by atoms with van der Waals surface area (Å²) in [6.07, 6.45) is 0.952. The summed E-state index contributed by atoms with van der Waals surface area (Å²) < 4.78 is 26.5. The highest BCUT2D eigenvalue weighted by Gasteiger charge is 2.06. The molecule has 1 aromatic carbocycles. The summed E-state index contributed by atoms with van der Waals surface area (Å²) in [5.74, 6) is 1.38. The van der Waals surface area contributed by atoms with Crippen molar-refractivity contribution < 1.29 is 8.78 Å². The van der Waals surface area contributed by atoms with E-state index in [0.717, 1.165) is 17.9 Å². The summed E-state index contributed by atoms with van der Waals surface area (Å²) in [7, 11) is 0. The highest BCUT2D eigenvalue weighted by Crippen LogP contribution is 2.18. The minimum Gasteiger partial charge on any atom is -0.383 e. The molecule has 0 fully saturated rings. The Balaban J connectivity index is 2.45. The molecule has 0 amide bonds. The largest absolute Gasteiger partial charge is 0.383 e. The first-order valence-electron chi connectivity index (χ1n) is 5.42. The topological polar surface area (TPSA) is 12.0 Å². The molecule has 1 nitrogen and oxygen atoms in total. The van der Waals surface area contributed by atoms with Gasteiger partial charge in [0.15, 0.2) is 0 Å². The van der Waals surface area contributed by atoms with Gasteiger partial charge in [-0.25, -0.2) is 8.78 Å². The van der Waals surface area contributed by atoms with E-state index in [1.165, 1.54) is 12.1 Å². The van der Waals surface area contributed by atoms with Gasteiger partial charge < -0.3 is 5.32 Å². The van der Waals surface area contributed by atoms with Gasteiger partial charge in [0.2, 0.25) is 0 Å². The number of hydrogen-bond donors (Lipinski definition) is 1. The molecule has 0 heterocycles. The van der Waals surface area contributed by atoms with Crippen molar-refractivity contribution in [2.24, 2.45) is 0 Å². The zero-order valence-electron chi connectivity index (χ0n) is 9.65. The first kappa shape index (κ1) is 13.3. The summed E-state index contributed by atoms with van der Waals surface area (Å²) in [4.78, 5) is 0. The molecule has 0 spiro atoms. The molecule has 1 rings (SSSR count). The van der Waals surface area contributed by atoms with E-state index in [0.29, 0.717) is 12.1 Å². The molecular weight excluding hydrogens is 228 g/mol. The Hall–Kier alpha value is -0.770. The highest BCUT2D eigenvalue weighted by molar-refractivity contribution is 7.99. The van der Waals surface area contributed by atoms with E-state index in [1.54, 1.807) is 6.92 Å². The summed E-state index contributed by atoms with van der Waals surface area (Å²) in [5, 5.41) is 2.91. The predicted octanol–water partition coefficient (Wildman–Crippen LogP) is 3.83. The summed E-state index contributed by atoms with van der Waals surface area (Å²) in [6, 6.07) is 2.44. The number of rotatable bonds is 6. The Morgan fingerprint density at radius 3 is 2.69 bits per heavy atom. The first-order valence-corrected chi connectivity index (χ1v) is 6.58. The van der Waals surface area contributed by atoms with Crippen LogP contribution in [0.2, 0.25) is 0 Å². The third kappa shape index (κ3) is 4.00.